The highest BCUT2D eigenvalue weighted by molar-refractivity contribution is 5.92. The molecule has 0 aliphatic heterocycles. The molecule has 4 rings (SSSR count). The Hall–Kier alpha value is -3.13. The second-order valence-electron chi connectivity index (χ2n) is 12.9. The Bertz CT molecular complexity index is 1430. The summed E-state index contributed by atoms with van der Waals surface area (Å²) >= 11 is 0. The molecular formula is C37H46O2. The molecule has 206 valence electrons. The number of methoxy groups -OCH3 is 1. The number of fused-ring (bicyclic) bond motifs is 2. The van der Waals surface area contributed by atoms with Gasteiger partial charge in [0, 0.05) is 17.7 Å². The topological polar surface area (TPSA) is 26.3 Å². The predicted octanol–water partition coefficient (Wildman–Crippen LogP) is 9.39. The number of carbonyl (C=O) groups is 1. The number of allylic oxidation sites excluding steroid dienone is 3. The van der Waals surface area contributed by atoms with Crippen molar-refractivity contribution in [2.75, 3.05) is 7.11 Å². The number of carbonyl (C=O) groups excluding carboxylic acids is 1. The molecule has 0 fully saturated rings. The summed E-state index contributed by atoms with van der Waals surface area (Å²) in [4.78, 5) is 13.4. The molecule has 3 aromatic carbocycles. The molecule has 3 aromatic rings. The molecule has 2 heteroatoms. The smallest absolute Gasteiger partial charge is 0.140 e. The fourth-order valence-electron chi connectivity index (χ4n) is 6.23. The molecule has 0 aromatic heterocycles. The van der Waals surface area contributed by atoms with Gasteiger partial charge in [-0.1, -0.05) is 89.7 Å². The molecule has 0 saturated carbocycles. The largest absolute Gasteiger partial charge is 0.496 e. The molecule has 0 N–H and O–H groups in total. The Kier molecular flexibility index (Phi) is 8.26. The van der Waals surface area contributed by atoms with Crippen molar-refractivity contribution >= 4 is 16.6 Å². The highest BCUT2D eigenvalue weighted by Crippen LogP contribution is 2.46. The van der Waals surface area contributed by atoms with Crippen LogP contribution in [0, 0.1) is 12.8 Å². The SMILES string of the molecule is C=C(CC(=O)C(C)Cc1ccc(OC)c2ccccc12)/C(=C\C)Cc1cc2c(cc1C)C(C)(C)CCC2(C)C. The standard InChI is InChI=1S/C37H46O2/c1-10-27(22-29-23-33-32(20-24(29)2)36(5,6)17-18-37(33,7)8)25(3)21-34(38)26(4)19-28-15-16-35(39-9)31-14-12-11-13-30(28)31/h10-16,20,23,26H,3,17-19,21-22H2,1-2,4-9H3/b27-10-. The second-order valence-corrected chi connectivity index (χ2v) is 12.9. The van der Waals surface area contributed by atoms with Gasteiger partial charge in [-0.25, -0.2) is 0 Å². The maximum atomic E-state index is 13.4. The lowest BCUT2D eigenvalue weighted by Crippen LogP contribution is -2.34. The van der Waals surface area contributed by atoms with Crippen molar-refractivity contribution in [3.63, 3.8) is 0 Å². The first kappa shape index (κ1) is 28.9. The van der Waals surface area contributed by atoms with Gasteiger partial charge in [0.1, 0.15) is 11.5 Å². The third-order valence-corrected chi connectivity index (χ3v) is 9.15. The van der Waals surface area contributed by atoms with Gasteiger partial charge in [-0.3, -0.25) is 4.79 Å². The summed E-state index contributed by atoms with van der Waals surface area (Å²) in [5.41, 5.74) is 9.33. The van der Waals surface area contributed by atoms with Crippen molar-refractivity contribution in [1.29, 1.82) is 0 Å². The molecule has 0 spiro atoms. The fraction of sp³-hybridized carbons (Fsp3) is 0.432. The van der Waals surface area contributed by atoms with Gasteiger partial charge in [0.15, 0.2) is 0 Å². The molecule has 2 nitrogen and oxygen atoms in total. The van der Waals surface area contributed by atoms with E-state index in [9.17, 15) is 4.79 Å². The summed E-state index contributed by atoms with van der Waals surface area (Å²) in [6, 6.07) is 17.2. The van der Waals surface area contributed by atoms with Crippen LogP contribution in [0.5, 0.6) is 5.75 Å². The van der Waals surface area contributed by atoms with E-state index in [2.05, 4.69) is 84.5 Å². The van der Waals surface area contributed by atoms with Crippen LogP contribution in [0.3, 0.4) is 0 Å². The van der Waals surface area contributed by atoms with Crippen LogP contribution in [-0.4, -0.2) is 12.9 Å². The number of ether oxygens (including phenoxy) is 1. The van der Waals surface area contributed by atoms with E-state index in [0.717, 1.165) is 28.5 Å². The van der Waals surface area contributed by atoms with E-state index in [1.807, 2.05) is 25.1 Å². The summed E-state index contributed by atoms with van der Waals surface area (Å²) in [5.74, 6) is 1.01. The zero-order chi connectivity index (χ0) is 28.5. The number of Topliss-reactive ketones (excluding diaryl/α,β-unsaturated/α-hetero) is 1. The van der Waals surface area contributed by atoms with Gasteiger partial charge >= 0.3 is 0 Å². The van der Waals surface area contributed by atoms with Crippen LogP contribution in [0.2, 0.25) is 0 Å². The van der Waals surface area contributed by atoms with E-state index in [-0.39, 0.29) is 22.5 Å². The van der Waals surface area contributed by atoms with E-state index >= 15 is 0 Å². The van der Waals surface area contributed by atoms with Crippen molar-refractivity contribution in [3.8, 4) is 5.75 Å². The van der Waals surface area contributed by atoms with Crippen LogP contribution < -0.4 is 4.74 Å². The van der Waals surface area contributed by atoms with Gasteiger partial charge in [0.25, 0.3) is 0 Å². The van der Waals surface area contributed by atoms with Crippen molar-refractivity contribution in [3.05, 3.63) is 100 Å². The number of ketones is 1. The predicted molar refractivity (Wildman–Crippen MR) is 166 cm³/mol. The first-order valence-corrected chi connectivity index (χ1v) is 14.4. The Morgan fingerprint density at radius 3 is 2.21 bits per heavy atom. The fourth-order valence-corrected chi connectivity index (χ4v) is 6.23. The van der Waals surface area contributed by atoms with E-state index in [1.165, 1.54) is 46.2 Å². The normalized spacial score (nSPS) is 17.0. The number of hydrogen-bond acceptors (Lipinski definition) is 2. The minimum atomic E-state index is -0.0924. The van der Waals surface area contributed by atoms with Gasteiger partial charge in [0.05, 0.1) is 7.11 Å². The summed E-state index contributed by atoms with van der Waals surface area (Å²) in [7, 11) is 1.70. The minimum Gasteiger partial charge on any atom is -0.496 e. The molecule has 0 bridgehead atoms. The number of aryl methyl sites for hydroxylation is 1. The van der Waals surface area contributed by atoms with Gasteiger partial charge in [-0.2, -0.15) is 0 Å². The van der Waals surface area contributed by atoms with E-state index < -0.39 is 0 Å². The maximum absolute atomic E-state index is 13.4. The molecule has 1 aliphatic rings. The lowest BCUT2D eigenvalue weighted by Gasteiger charge is -2.42. The first-order chi connectivity index (χ1) is 18.4. The maximum Gasteiger partial charge on any atom is 0.140 e. The Morgan fingerprint density at radius 2 is 1.59 bits per heavy atom. The van der Waals surface area contributed by atoms with Crippen molar-refractivity contribution < 1.29 is 9.53 Å². The highest BCUT2D eigenvalue weighted by atomic mass is 16.5. The third-order valence-electron chi connectivity index (χ3n) is 9.15. The highest BCUT2D eigenvalue weighted by Gasteiger charge is 2.37. The zero-order valence-electron chi connectivity index (χ0n) is 25.3. The summed E-state index contributed by atoms with van der Waals surface area (Å²) in [6.07, 6.45) is 6.47. The molecule has 1 unspecified atom stereocenters. The van der Waals surface area contributed by atoms with E-state index in [0.29, 0.717) is 12.8 Å². The van der Waals surface area contributed by atoms with Crippen LogP contribution in [-0.2, 0) is 28.5 Å². The average molecular weight is 523 g/mol. The Labute approximate surface area is 236 Å². The van der Waals surface area contributed by atoms with Crippen LogP contribution in [0.15, 0.2) is 72.3 Å². The lowest BCUT2D eigenvalue weighted by molar-refractivity contribution is -0.121. The van der Waals surface area contributed by atoms with Crippen LogP contribution in [0.4, 0.5) is 0 Å². The number of benzene rings is 3. The zero-order valence-corrected chi connectivity index (χ0v) is 25.3. The van der Waals surface area contributed by atoms with Crippen molar-refractivity contribution in [2.45, 2.75) is 91.4 Å². The molecule has 0 radical (unpaired) electrons. The van der Waals surface area contributed by atoms with Crippen molar-refractivity contribution in [2.24, 2.45) is 5.92 Å². The Balaban J connectivity index is 1.49. The van der Waals surface area contributed by atoms with Gasteiger partial charge < -0.3 is 4.74 Å². The van der Waals surface area contributed by atoms with E-state index in [1.54, 1.807) is 7.11 Å². The van der Waals surface area contributed by atoms with Crippen LogP contribution in [0.25, 0.3) is 10.8 Å². The van der Waals surface area contributed by atoms with Crippen LogP contribution >= 0.6 is 0 Å². The van der Waals surface area contributed by atoms with Crippen LogP contribution in [0.1, 0.15) is 88.6 Å². The second kappa shape index (κ2) is 11.2. The summed E-state index contributed by atoms with van der Waals surface area (Å²) < 4.78 is 5.55. The minimum absolute atomic E-state index is 0.0924. The summed E-state index contributed by atoms with van der Waals surface area (Å²) in [5, 5.41) is 2.24. The Morgan fingerprint density at radius 1 is 0.974 bits per heavy atom. The average Bonchev–Trinajstić information content (AvgIpc) is 2.90. The molecular weight excluding hydrogens is 476 g/mol. The van der Waals surface area contributed by atoms with Gasteiger partial charge in [0.2, 0.25) is 0 Å². The molecule has 39 heavy (non-hydrogen) atoms. The quantitative estimate of drug-likeness (QED) is 0.262. The van der Waals surface area contributed by atoms with Crippen molar-refractivity contribution in [1.82, 2.24) is 0 Å². The van der Waals surface area contributed by atoms with Gasteiger partial charge in [-0.15, -0.1) is 0 Å². The molecule has 1 aliphatic carbocycles. The molecule has 0 saturated heterocycles. The number of rotatable bonds is 9. The summed E-state index contributed by atoms with van der Waals surface area (Å²) in [6.45, 7) is 20.2. The van der Waals surface area contributed by atoms with E-state index in [4.69, 9.17) is 4.74 Å². The molecule has 0 amide bonds. The van der Waals surface area contributed by atoms with Gasteiger partial charge in [-0.05, 0) is 101 Å². The lowest BCUT2D eigenvalue weighted by atomic mass is 9.62. The molecule has 1 atom stereocenters. The number of hydrogen-bond donors (Lipinski definition) is 0. The first-order valence-electron chi connectivity index (χ1n) is 14.4. The molecule has 0 heterocycles. The monoisotopic (exact) mass is 522 g/mol. The third kappa shape index (κ3) is 5.91.